The number of fused-ring (bicyclic) bond motifs is 2. The van der Waals surface area contributed by atoms with Gasteiger partial charge in [0.25, 0.3) is 10.1 Å². The van der Waals surface area contributed by atoms with E-state index in [1.165, 1.54) is 24.3 Å². The van der Waals surface area contributed by atoms with Crippen LogP contribution in [0.3, 0.4) is 0 Å². The van der Waals surface area contributed by atoms with Crippen molar-refractivity contribution < 1.29 is 45.5 Å². The molecule has 2 aromatic rings. The molecule has 0 bridgehead atoms. The lowest BCUT2D eigenvalue weighted by atomic mass is 9.90. The van der Waals surface area contributed by atoms with Crippen LogP contribution in [0.1, 0.15) is 15.9 Å². The summed E-state index contributed by atoms with van der Waals surface area (Å²) in [4.78, 5) is 10.1. The predicted octanol–water partition coefficient (Wildman–Crippen LogP) is 2.58. The van der Waals surface area contributed by atoms with Gasteiger partial charge in [-0.1, -0.05) is 22.9 Å². The van der Waals surface area contributed by atoms with Crippen LogP contribution in [0.5, 0.6) is 0 Å². The van der Waals surface area contributed by atoms with Crippen LogP contribution in [0.2, 0.25) is 0 Å². The second kappa shape index (κ2) is 8.06. The Labute approximate surface area is 197 Å². The van der Waals surface area contributed by atoms with Gasteiger partial charge in [0.15, 0.2) is 21.1 Å². The summed E-state index contributed by atoms with van der Waals surface area (Å²) in [6.45, 7) is 1.65. The molecule has 14 heteroatoms. The third-order valence-electron chi connectivity index (χ3n) is 5.28. The molecule has 1 heterocycles. The van der Waals surface area contributed by atoms with E-state index in [1.54, 1.807) is 13.0 Å². The fraction of sp³-hybridized carbons (Fsp3) is 0.0476. The fourth-order valence-electron chi connectivity index (χ4n) is 3.91. The summed E-state index contributed by atoms with van der Waals surface area (Å²) in [7, 11) is -10.2. The number of carboxylic acid groups (broad SMARTS) is 1. The number of nitrogens with zero attached hydrogens (tertiary/aromatic N) is 1. The lowest BCUT2D eigenvalue weighted by Crippen LogP contribution is -2.18. The van der Waals surface area contributed by atoms with Crippen molar-refractivity contribution in [2.75, 3.05) is 5.73 Å². The first-order chi connectivity index (χ1) is 16.3. The molecule has 0 amide bonds. The zero-order valence-corrected chi connectivity index (χ0v) is 19.3. The van der Waals surface area contributed by atoms with Crippen molar-refractivity contribution >= 4 is 42.9 Å². The fourth-order valence-corrected chi connectivity index (χ4v) is 5.42. The second-order valence-corrected chi connectivity index (χ2v) is 10.2. The summed E-state index contributed by atoms with van der Waals surface area (Å²) in [5.41, 5.74) is 5.03. The van der Waals surface area contributed by atoms with Gasteiger partial charge in [0.05, 0.1) is 11.3 Å². The monoisotopic (exact) mass is 520 g/mol. The first-order valence-corrected chi connectivity index (χ1v) is 12.4. The summed E-state index contributed by atoms with van der Waals surface area (Å²) in [6.07, 6.45) is 0. The Morgan fingerprint density at radius 1 is 0.943 bits per heavy atom. The van der Waals surface area contributed by atoms with Gasteiger partial charge in [0.2, 0.25) is 0 Å². The number of hydrogen-bond donors (Lipinski definition) is 5. The van der Waals surface area contributed by atoms with Gasteiger partial charge >= 0.3 is 16.1 Å². The molecule has 2 aliphatic rings. The predicted molar refractivity (Wildman–Crippen MR) is 121 cm³/mol. The van der Waals surface area contributed by atoms with Gasteiger partial charge in [-0.3, -0.25) is 9.11 Å². The van der Waals surface area contributed by atoms with Crippen molar-refractivity contribution in [1.82, 2.24) is 0 Å². The Bertz CT molecular complexity index is 1810. The van der Waals surface area contributed by atoms with Crippen molar-refractivity contribution in [3.8, 4) is 22.5 Å². The van der Waals surface area contributed by atoms with Crippen LogP contribution in [0.25, 0.3) is 33.4 Å². The molecule has 0 atom stereocenters. The van der Waals surface area contributed by atoms with Gasteiger partial charge in [-0.2, -0.15) is 16.8 Å². The minimum absolute atomic E-state index is 0.00191. The number of benzene rings is 3. The summed E-state index contributed by atoms with van der Waals surface area (Å²) in [5, 5.41) is 21.3. The van der Waals surface area contributed by atoms with Crippen LogP contribution >= 0.6 is 0 Å². The number of rotatable bonds is 4. The van der Waals surface area contributed by atoms with Crippen LogP contribution in [-0.2, 0) is 20.2 Å². The highest BCUT2D eigenvalue weighted by Gasteiger charge is 2.32. The van der Waals surface area contributed by atoms with E-state index < -0.39 is 58.4 Å². The Balaban J connectivity index is 2.42. The van der Waals surface area contributed by atoms with Gasteiger partial charge in [-0.05, 0) is 42.8 Å². The topological polar surface area (TPSA) is 218 Å². The first kappa shape index (κ1) is 24.2. The highest BCUT2D eigenvalue weighted by atomic mass is 32.2. The number of carboxylic acids is 1. The normalized spacial score (nSPS) is 12.9. The Kier molecular flexibility index (Phi) is 5.56. The molecule has 0 saturated heterocycles. The van der Waals surface area contributed by atoms with E-state index in [4.69, 9.17) is 10.2 Å². The quantitative estimate of drug-likeness (QED) is 0.0865. The average Bonchev–Trinajstić information content (AvgIpc) is 2.75. The minimum Gasteiger partial charge on any atom is -0.478 e. The van der Waals surface area contributed by atoms with Gasteiger partial charge in [0, 0.05) is 16.5 Å². The van der Waals surface area contributed by atoms with E-state index >= 15 is 0 Å². The molecule has 4 rings (SSSR count). The Morgan fingerprint density at radius 3 is 2.14 bits per heavy atom. The van der Waals surface area contributed by atoms with Gasteiger partial charge in [-0.25, -0.2) is 4.79 Å². The van der Waals surface area contributed by atoms with Gasteiger partial charge in [0.1, 0.15) is 5.36 Å². The molecule has 35 heavy (non-hydrogen) atoms. The number of aryl methyl sites for hydroxylation is 1. The third kappa shape index (κ3) is 3.97. The van der Waals surface area contributed by atoms with Gasteiger partial charge < -0.3 is 20.5 Å². The first-order valence-electron chi connectivity index (χ1n) is 9.55. The van der Waals surface area contributed by atoms with Crippen LogP contribution in [-0.4, -0.2) is 42.2 Å². The van der Waals surface area contributed by atoms with Crippen molar-refractivity contribution in [2.45, 2.75) is 16.7 Å². The lowest BCUT2D eigenvalue weighted by Gasteiger charge is -2.20. The van der Waals surface area contributed by atoms with Crippen LogP contribution in [0.4, 0.5) is 5.69 Å². The number of anilines is 1. The van der Waals surface area contributed by atoms with Crippen molar-refractivity contribution in [3.63, 3.8) is 0 Å². The molecule has 0 fully saturated rings. The molecule has 0 spiro atoms. The number of aromatic carboxylic acids is 1. The number of hydrogen-bond acceptors (Lipinski definition) is 9. The molecule has 2 aromatic carbocycles. The van der Waals surface area contributed by atoms with E-state index in [2.05, 4.69) is 5.16 Å². The standard InChI is InChI=1S/C21H16N2O10S2/c1-9-2-3-10(13(8-9)21(24)25)16-11-4-6-14(22)19(34(27,28)29)17(11)33-18-12(16)5-7-15(23-26)20(18)35(30,31)32/h2-8,26H,22H2,1H3,(H,24,25)(H,27,28,29)(H,30,31,32)/b23-15+. The number of nitrogen functional groups attached to an aromatic ring is 1. The van der Waals surface area contributed by atoms with Crippen LogP contribution < -0.4 is 11.1 Å². The number of carbonyl (C=O) groups is 1. The Hall–Kier alpha value is -3.98. The maximum Gasteiger partial charge on any atom is 0.336 e. The summed E-state index contributed by atoms with van der Waals surface area (Å²) < 4.78 is 74.0. The lowest BCUT2D eigenvalue weighted by molar-refractivity contribution is 0.0697. The molecule has 1 aliphatic carbocycles. The molecule has 0 saturated carbocycles. The van der Waals surface area contributed by atoms with E-state index in [-0.39, 0.29) is 27.6 Å². The van der Waals surface area contributed by atoms with E-state index in [0.717, 1.165) is 12.1 Å². The smallest absolute Gasteiger partial charge is 0.336 e. The molecule has 1 aliphatic heterocycles. The zero-order valence-electron chi connectivity index (χ0n) is 17.6. The SMILES string of the molecule is Cc1ccc(-c2c3cc/c(=N\O)c(S(=O)(=O)O)c-3oc3c(S(=O)(=O)O)c(N)ccc23)c(C(=O)O)c1. The van der Waals surface area contributed by atoms with Crippen molar-refractivity contribution in [2.24, 2.45) is 5.16 Å². The molecule has 0 unspecified atom stereocenters. The zero-order chi connectivity index (χ0) is 25.9. The molecule has 0 radical (unpaired) electrons. The van der Waals surface area contributed by atoms with E-state index in [0.29, 0.717) is 5.56 Å². The van der Waals surface area contributed by atoms with E-state index in [9.17, 15) is 41.0 Å². The molecular weight excluding hydrogens is 504 g/mol. The largest absolute Gasteiger partial charge is 0.478 e. The maximum atomic E-state index is 12.2. The van der Waals surface area contributed by atoms with Crippen molar-refractivity contribution in [3.05, 3.63) is 58.9 Å². The molecular formula is C21H16N2O10S2. The van der Waals surface area contributed by atoms with E-state index in [1.807, 2.05) is 0 Å². The minimum atomic E-state index is -5.14. The second-order valence-electron chi connectivity index (χ2n) is 7.53. The summed E-state index contributed by atoms with van der Waals surface area (Å²) in [5.74, 6) is -2.01. The van der Waals surface area contributed by atoms with Gasteiger partial charge in [-0.15, -0.1) is 0 Å². The summed E-state index contributed by atoms with van der Waals surface area (Å²) >= 11 is 0. The molecule has 6 N–H and O–H groups in total. The van der Waals surface area contributed by atoms with Crippen molar-refractivity contribution in [1.29, 1.82) is 0 Å². The summed E-state index contributed by atoms with van der Waals surface area (Å²) in [6, 6.07) is 9.08. The third-order valence-corrected chi connectivity index (χ3v) is 7.12. The average molecular weight is 520 g/mol. The molecule has 182 valence electrons. The Morgan fingerprint density at radius 2 is 1.57 bits per heavy atom. The number of nitrogens with two attached hydrogens (primary N) is 1. The molecule has 12 nitrogen and oxygen atoms in total. The maximum absolute atomic E-state index is 12.2. The van der Waals surface area contributed by atoms with Crippen LogP contribution in [0, 0.1) is 6.92 Å². The van der Waals surface area contributed by atoms with Crippen LogP contribution in [0.15, 0.2) is 61.8 Å². The highest BCUT2D eigenvalue weighted by Crippen LogP contribution is 2.45. The highest BCUT2D eigenvalue weighted by molar-refractivity contribution is 7.86. The molecule has 0 aromatic heterocycles.